The second-order valence-corrected chi connectivity index (χ2v) is 6.74. The number of nitrogens with zero attached hydrogens (tertiary/aromatic N) is 1. The molecular formula is C18H16N2O3S. The Morgan fingerprint density at radius 3 is 2.88 bits per heavy atom. The standard InChI is InChI=1S/C18H16N2O3S/c21-17-12(7-8-13(19-17)15-5-2-10-23-15)18(22)20-9-1-4-14(20)16-6-3-11-24-16/h2-3,5-8,10-11,14H,1,4,9H2,(H,19,21). The minimum Gasteiger partial charge on any atom is -0.463 e. The molecule has 5 nitrogen and oxygen atoms in total. The number of rotatable bonds is 3. The summed E-state index contributed by atoms with van der Waals surface area (Å²) in [5, 5.41) is 2.02. The highest BCUT2D eigenvalue weighted by Crippen LogP contribution is 2.35. The number of aromatic amines is 1. The molecule has 1 fully saturated rings. The lowest BCUT2D eigenvalue weighted by molar-refractivity contribution is 0.0736. The molecule has 1 aliphatic rings. The van der Waals surface area contributed by atoms with Crippen LogP contribution >= 0.6 is 11.3 Å². The van der Waals surface area contributed by atoms with Gasteiger partial charge in [-0.25, -0.2) is 0 Å². The van der Waals surface area contributed by atoms with Gasteiger partial charge in [-0.15, -0.1) is 11.3 Å². The fourth-order valence-electron chi connectivity index (χ4n) is 3.16. The Morgan fingerprint density at radius 1 is 1.25 bits per heavy atom. The van der Waals surface area contributed by atoms with Gasteiger partial charge in [-0.3, -0.25) is 9.59 Å². The predicted molar refractivity (Wildman–Crippen MR) is 92.1 cm³/mol. The maximum absolute atomic E-state index is 12.9. The number of hydrogen-bond acceptors (Lipinski definition) is 4. The van der Waals surface area contributed by atoms with Crippen molar-refractivity contribution in [1.29, 1.82) is 0 Å². The first kappa shape index (κ1) is 15.0. The molecule has 3 aromatic rings. The fraction of sp³-hybridized carbons (Fsp3) is 0.222. The maximum atomic E-state index is 12.9. The smallest absolute Gasteiger partial charge is 0.261 e. The monoisotopic (exact) mass is 340 g/mol. The van der Waals surface area contributed by atoms with E-state index >= 15 is 0 Å². The van der Waals surface area contributed by atoms with Gasteiger partial charge in [-0.2, -0.15) is 0 Å². The van der Waals surface area contributed by atoms with Gasteiger partial charge in [-0.05, 0) is 48.6 Å². The molecule has 0 aromatic carbocycles. The Labute approximate surface area is 142 Å². The molecular weight excluding hydrogens is 324 g/mol. The number of likely N-dealkylation sites (tertiary alicyclic amines) is 1. The van der Waals surface area contributed by atoms with E-state index in [1.54, 1.807) is 41.9 Å². The zero-order chi connectivity index (χ0) is 16.5. The van der Waals surface area contributed by atoms with Gasteiger partial charge in [0.05, 0.1) is 18.0 Å². The van der Waals surface area contributed by atoms with Crippen molar-refractivity contribution >= 4 is 17.2 Å². The molecule has 0 bridgehead atoms. The molecule has 0 radical (unpaired) electrons. The molecule has 1 amide bonds. The quantitative estimate of drug-likeness (QED) is 0.791. The summed E-state index contributed by atoms with van der Waals surface area (Å²) in [7, 11) is 0. The van der Waals surface area contributed by atoms with Gasteiger partial charge < -0.3 is 14.3 Å². The molecule has 3 aromatic heterocycles. The molecule has 24 heavy (non-hydrogen) atoms. The Kier molecular flexibility index (Phi) is 3.82. The molecule has 1 saturated heterocycles. The van der Waals surface area contributed by atoms with Crippen molar-refractivity contribution in [3.63, 3.8) is 0 Å². The van der Waals surface area contributed by atoms with E-state index in [2.05, 4.69) is 4.98 Å². The van der Waals surface area contributed by atoms with Gasteiger partial charge in [0.1, 0.15) is 11.3 Å². The van der Waals surface area contributed by atoms with Crippen molar-refractivity contribution in [3.05, 3.63) is 68.8 Å². The summed E-state index contributed by atoms with van der Waals surface area (Å²) in [6.07, 6.45) is 3.44. The Morgan fingerprint density at radius 2 is 2.17 bits per heavy atom. The van der Waals surface area contributed by atoms with Crippen LogP contribution in [-0.2, 0) is 0 Å². The van der Waals surface area contributed by atoms with Gasteiger partial charge in [0.15, 0.2) is 0 Å². The Bertz CT molecular complexity index is 897. The SMILES string of the molecule is O=C(c1ccc(-c2ccco2)[nH]c1=O)N1CCCC1c1cccs1. The van der Waals surface area contributed by atoms with Crippen LogP contribution in [0, 0.1) is 0 Å². The number of H-pyrrole nitrogens is 1. The maximum Gasteiger partial charge on any atom is 0.261 e. The summed E-state index contributed by atoms with van der Waals surface area (Å²) >= 11 is 1.65. The third-order valence-electron chi connectivity index (χ3n) is 4.31. The van der Waals surface area contributed by atoms with Gasteiger partial charge in [0, 0.05) is 11.4 Å². The van der Waals surface area contributed by atoms with Gasteiger partial charge in [-0.1, -0.05) is 6.07 Å². The second kappa shape index (κ2) is 6.13. The van der Waals surface area contributed by atoms with E-state index in [0.29, 0.717) is 18.0 Å². The summed E-state index contributed by atoms with van der Waals surface area (Å²) in [6, 6.07) is 10.9. The van der Waals surface area contributed by atoms with E-state index in [4.69, 9.17) is 4.42 Å². The number of carbonyl (C=O) groups excluding carboxylic acids is 1. The van der Waals surface area contributed by atoms with Crippen molar-refractivity contribution in [2.45, 2.75) is 18.9 Å². The van der Waals surface area contributed by atoms with E-state index < -0.39 is 0 Å². The summed E-state index contributed by atoms with van der Waals surface area (Å²) in [5.41, 5.74) is 0.359. The molecule has 4 rings (SSSR count). The zero-order valence-corrected chi connectivity index (χ0v) is 13.7. The zero-order valence-electron chi connectivity index (χ0n) is 12.9. The minimum atomic E-state index is -0.384. The topological polar surface area (TPSA) is 66.3 Å². The van der Waals surface area contributed by atoms with Crippen molar-refractivity contribution in [3.8, 4) is 11.5 Å². The fourth-order valence-corrected chi connectivity index (χ4v) is 4.03. The van der Waals surface area contributed by atoms with Crippen molar-refractivity contribution in [2.24, 2.45) is 0 Å². The summed E-state index contributed by atoms with van der Waals surface area (Å²) < 4.78 is 5.28. The lowest BCUT2D eigenvalue weighted by atomic mass is 10.1. The van der Waals surface area contributed by atoms with E-state index in [-0.39, 0.29) is 23.1 Å². The van der Waals surface area contributed by atoms with E-state index in [9.17, 15) is 9.59 Å². The predicted octanol–water partition coefficient (Wildman–Crippen LogP) is 3.67. The highest BCUT2D eigenvalue weighted by molar-refractivity contribution is 7.10. The molecule has 1 aliphatic heterocycles. The first-order chi connectivity index (χ1) is 11.7. The molecule has 0 aliphatic carbocycles. The van der Waals surface area contributed by atoms with Crippen LogP contribution < -0.4 is 5.56 Å². The molecule has 0 spiro atoms. The average Bonchev–Trinajstić information content (AvgIpc) is 3.35. The van der Waals surface area contributed by atoms with Gasteiger partial charge >= 0.3 is 0 Å². The highest BCUT2D eigenvalue weighted by Gasteiger charge is 2.32. The Hall–Kier alpha value is -2.60. The highest BCUT2D eigenvalue weighted by atomic mass is 32.1. The summed E-state index contributed by atoms with van der Waals surface area (Å²) in [6.45, 7) is 0.681. The Balaban J connectivity index is 1.64. The molecule has 1 unspecified atom stereocenters. The number of aromatic nitrogens is 1. The van der Waals surface area contributed by atoms with Crippen LogP contribution in [-0.4, -0.2) is 22.3 Å². The molecule has 6 heteroatoms. The lowest BCUT2D eigenvalue weighted by Crippen LogP contribution is -2.34. The van der Waals surface area contributed by atoms with Crippen LogP contribution in [0.2, 0.25) is 0 Å². The van der Waals surface area contributed by atoms with E-state index in [1.165, 1.54) is 4.88 Å². The number of nitrogens with one attached hydrogen (secondary N) is 1. The van der Waals surface area contributed by atoms with Crippen LogP contribution in [0.1, 0.15) is 34.1 Å². The van der Waals surface area contributed by atoms with Crippen molar-refractivity contribution in [2.75, 3.05) is 6.54 Å². The minimum absolute atomic E-state index is 0.0710. The molecule has 0 saturated carbocycles. The average molecular weight is 340 g/mol. The normalized spacial score (nSPS) is 17.3. The van der Waals surface area contributed by atoms with Gasteiger partial charge in [0.2, 0.25) is 0 Å². The van der Waals surface area contributed by atoms with E-state index in [0.717, 1.165) is 12.8 Å². The van der Waals surface area contributed by atoms with Crippen molar-refractivity contribution in [1.82, 2.24) is 9.88 Å². The summed E-state index contributed by atoms with van der Waals surface area (Å²) in [4.78, 5) is 31.0. The first-order valence-corrected chi connectivity index (χ1v) is 8.73. The molecule has 1 N–H and O–H groups in total. The third kappa shape index (κ3) is 2.59. The van der Waals surface area contributed by atoms with Crippen molar-refractivity contribution < 1.29 is 9.21 Å². The first-order valence-electron chi connectivity index (χ1n) is 7.85. The van der Waals surface area contributed by atoms with Crippen LogP contribution in [0.4, 0.5) is 0 Å². The molecule has 4 heterocycles. The number of amides is 1. The lowest BCUT2D eigenvalue weighted by Gasteiger charge is -2.23. The number of pyridine rings is 1. The van der Waals surface area contributed by atoms with Crippen LogP contribution in [0.15, 0.2) is 57.3 Å². The number of hydrogen-bond donors (Lipinski definition) is 1. The van der Waals surface area contributed by atoms with Crippen LogP contribution in [0.25, 0.3) is 11.5 Å². The largest absolute Gasteiger partial charge is 0.463 e. The molecule has 122 valence electrons. The third-order valence-corrected chi connectivity index (χ3v) is 5.29. The van der Waals surface area contributed by atoms with E-state index in [1.807, 2.05) is 22.4 Å². The van der Waals surface area contributed by atoms with Gasteiger partial charge in [0.25, 0.3) is 11.5 Å². The number of furan rings is 1. The number of carbonyl (C=O) groups is 1. The van der Waals surface area contributed by atoms with Crippen LogP contribution in [0.3, 0.4) is 0 Å². The second-order valence-electron chi connectivity index (χ2n) is 5.76. The summed E-state index contributed by atoms with van der Waals surface area (Å²) in [5.74, 6) is 0.363. The van der Waals surface area contributed by atoms with Crippen LogP contribution in [0.5, 0.6) is 0 Å². The number of thiophene rings is 1. The molecule has 1 atom stereocenters.